The van der Waals surface area contributed by atoms with Crippen molar-refractivity contribution in [2.75, 3.05) is 23.3 Å². The van der Waals surface area contributed by atoms with E-state index in [-0.39, 0.29) is 18.2 Å². The third-order valence-corrected chi connectivity index (χ3v) is 6.06. The largest absolute Gasteiger partial charge is 0.481 e. The van der Waals surface area contributed by atoms with Crippen LogP contribution in [0.2, 0.25) is 0 Å². The molecule has 144 valence electrons. The lowest BCUT2D eigenvalue weighted by atomic mass is 9.97. The van der Waals surface area contributed by atoms with Crippen LogP contribution < -0.4 is 10.2 Å². The summed E-state index contributed by atoms with van der Waals surface area (Å²) in [5.41, 5.74) is 2.17. The van der Waals surface area contributed by atoms with Crippen molar-refractivity contribution in [2.24, 2.45) is 5.92 Å². The summed E-state index contributed by atoms with van der Waals surface area (Å²) in [4.78, 5) is 30.8. The van der Waals surface area contributed by atoms with Gasteiger partial charge in [0.1, 0.15) is 0 Å². The van der Waals surface area contributed by atoms with E-state index in [2.05, 4.69) is 16.3 Å². The molecular weight excluding hydrogens is 374 g/mol. The normalized spacial score (nSPS) is 16.9. The first-order chi connectivity index (χ1) is 13.6. The fourth-order valence-electron chi connectivity index (χ4n) is 3.55. The summed E-state index contributed by atoms with van der Waals surface area (Å²) < 4.78 is 1.15. The number of aromatic nitrogens is 1. The molecule has 1 unspecified atom stereocenters. The number of thiazole rings is 1. The van der Waals surface area contributed by atoms with Gasteiger partial charge < -0.3 is 15.3 Å². The Hall–Kier alpha value is -2.93. The number of nitrogens with one attached hydrogen (secondary N) is 1. The van der Waals surface area contributed by atoms with Crippen molar-refractivity contribution in [1.29, 1.82) is 0 Å². The van der Waals surface area contributed by atoms with Gasteiger partial charge in [-0.1, -0.05) is 41.7 Å². The van der Waals surface area contributed by atoms with Crippen LogP contribution in [0.4, 0.5) is 10.8 Å². The third kappa shape index (κ3) is 3.99. The number of para-hydroxylation sites is 2. The lowest BCUT2D eigenvalue weighted by molar-refractivity contribution is -0.136. The summed E-state index contributed by atoms with van der Waals surface area (Å²) in [5, 5.41) is 13.0. The van der Waals surface area contributed by atoms with Crippen molar-refractivity contribution in [3.63, 3.8) is 0 Å². The smallest absolute Gasteiger partial charge is 0.307 e. The summed E-state index contributed by atoms with van der Waals surface area (Å²) in [6.45, 7) is 1.51. The minimum atomic E-state index is -0.915. The Kier molecular flexibility index (Phi) is 5.25. The highest BCUT2D eigenvalue weighted by Gasteiger charge is 2.28. The summed E-state index contributed by atoms with van der Waals surface area (Å²) in [5.74, 6) is -1.14. The summed E-state index contributed by atoms with van der Waals surface area (Å²) in [6.07, 6.45) is 1.62. The highest BCUT2D eigenvalue weighted by atomic mass is 32.1. The van der Waals surface area contributed by atoms with Crippen molar-refractivity contribution in [3.8, 4) is 0 Å². The predicted octanol–water partition coefficient (Wildman–Crippen LogP) is 3.78. The highest BCUT2D eigenvalue weighted by Crippen LogP contribution is 2.31. The number of carboxylic acid groups (broad SMARTS) is 1. The van der Waals surface area contributed by atoms with Crippen LogP contribution in [0.25, 0.3) is 10.2 Å². The Morgan fingerprint density at radius 3 is 2.79 bits per heavy atom. The van der Waals surface area contributed by atoms with Crippen LogP contribution in [0, 0.1) is 5.92 Å². The molecule has 0 aliphatic carbocycles. The predicted molar refractivity (Wildman–Crippen MR) is 111 cm³/mol. The molecule has 1 saturated heterocycles. The molecule has 2 aromatic carbocycles. The summed E-state index contributed by atoms with van der Waals surface area (Å²) in [6, 6.07) is 15.1. The number of amides is 1. The van der Waals surface area contributed by atoms with Gasteiger partial charge in [0.05, 0.1) is 22.6 Å². The van der Waals surface area contributed by atoms with Gasteiger partial charge in [-0.3, -0.25) is 9.59 Å². The lowest BCUT2D eigenvalue weighted by Gasteiger charge is -2.31. The van der Waals surface area contributed by atoms with E-state index in [1.54, 1.807) is 35.6 Å². The number of benzene rings is 2. The number of fused-ring (bicyclic) bond motifs is 1. The molecule has 2 heterocycles. The average Bonchev–Trinajstić information content (AvgIpc) is 3.13. The van der Waals surface area contributed by atoms with Gasteiger partial charge >= 0.3 is 5.97 Å². The van der Waals surface area contributed by atoms with E-state index in [0.29, 0.717) is 17.8 Å². The Bertz CT molecular complexity index is 984. The van der Waals surface area contributed by atoms with Gasteiger partial charge in [-0.25, -0.2) is 4.98 Å². The minimum Gasteiger partial charge on any atom is -0.481 e. The molecule has 1 atom stereocenters. The number of carbonyl (C=O) groups excluding carboxylic acids is 1. The van der Waals surface area contributed by atoms with Gasteiger partial charge in [0.25, 0.3) is 0 Å². The molecule has 0 spiro atoms. The van der Waals surface area contributed by atoms with Crippen molar-refractivity contribution in [2.45, 2.75) is 19.3 Å². The van der Waals surface area contributed by atoms with Crippen LogP contribution in [0.3, 0.4) is 0 Å². The summed E-state index contributed by atoms with van der Waals surface area (Å²) >= 11 is 1.65. The molecular formula is C21H21N3O3S. The molecule has 7 heteroatoms. The topological polar surface area (TPSA) is 82.5 Å². The molecule has 0 bridgehead atoms. The number of rotatable bonds is 5. The summed E-state index contributed by atoms with van der Waals surface area (Å²) in [7, 11) is 0. The van der Waals surface area contributed by atoms with E-state index < -0.39 is 5.97 Å². The van der Waals surface area contributed by atoms with Gasteiger partial charge in [0, 0.05) is 18.8 Å². The van der Waals surface area contributed by atoms with E-state index in [0.717, 1.165) is 34.7 Å². The Morgan fingerprint density at radius 1 is 1.18 bits per heavy atom. The van der Waals surface area contributed by atoms with Gasteiger partial charge in [-0.15, -0.1) is 0 Å². The maximum atomic E-state index is 12.9. The van der Waals surface area contributed by atoms with Crippen molar-refractivity contribution in [3.05, 3.63) is 54.1 Å². The lowest BCUT2D eigenvalue weighted by Crippen LogP contribution is -2.40. The molecule has 1 aromatic heterocycles. The van der Waals surface area contributed by atoms with Crippen LogP contribution in [0.1, 0.15) is 18.4 Å². The molecule has 1 aliphatic heterocycles. The van der Waals surface area contributed by atoms with Crippen LogP contribution in [0.15, 0.2) is 48.5 Å². The van der Waals surface area contributed by atoms with Gasteiger partial charge in [-0.2, -0.15) is 0 Å². The number of piperidine rings is 1. The molecule has 2 N–H and O–H groups in total. The Balaban J connectivity index is 1.47. The molecule has 0 saturated carbocycles. The van der Waals surface area contributed by atoms with Crippen molar-refractivity contribution < 1.29 is 14.7 Å². The van der Waals surface area contributed by atoms with Crippen LogP contribution in [0.5, 0.6) is 0 Å². The molecule has 3 aromatic rings. The molecule has 4 rings (SSSR count). The molecule has 1 fully saturated rings. The van der Waals surface area contributed by atoms with Gasteiger partial charge in [0.15, 0.2) is 5.13 Å². The van der Waals surface area contributed by atoms with E-state index in [1.807, 2.05) is 18.2 Å². The second-order valence-corrected chi connectivity index (χ2v) is 7.98. The zero-order valence-corrected chi connectivity index (χ0v) is 16.1. The second-order valence-electron chi connectivity index (χ2n) is 6.97. The number of hydrogen-bond acceptors (Lipinski definition) is 5. The SMILES string of the molecule is O=C(O)Cc1ccccc1NC(=O)C1CCCN(c2nc3ccccc3s2)C1. The number of carboxylic acids is 1. The number of aliphatic carboxylic acids is 1. The fourth-order valence-corrected chi connectivity index (χ4v) is 4.55. The fraction of sp³-hybridized carbons (Fsp3) is 0.286. The number of hydrogen-bond donors (Lipinski definition) is 2. The van der Waals surface area contributed by atoms with E-state index in [1.165, 1.54) is 0 Å². The molecule has 1 aliphatic rings. The van der Waals surface area contributed by atoms with Gasteiger partial charge in [-0.05, 0) is 36.6 Å². The van der Waals surface area contributed by atoms with Crippen LogP contribution >= 0.6 is 11.3 Å². The van der Waals surface area contributed by atoms with Crippen molar-refractivity contribution in [1.82, 2.24) is 4.98 Å². The first-order valence-electron chi connectivity index (χ1n) is 9.31. The number of anilines is 2. The maximum Gasteiger partial charge on any atom is 0.307 e. The Morgan fingerprint density at radius 2 is 1.96 bits per heavy atom. The zero-order chi connectivity index (χ0) is 19.5. The van der Waals surface area contributed by atoms with E-state index >= 15 is 0 Å². The monoisotopic (exact) mass is 395 g/mol. The average molecular weight is 395 g/mol. The number of nitrogens with zero attached hydrogens (tertiary/aromatic N) is 2. The first kappa shape index (κ1) is 18.4. The van der Waals surface area contributed by atoms with Crippen molar-refractivity contribution >= 4 is 44.2 Å². The maximum absolute atomic E-state index is 12.9. The number of carbonyl (C=O) groups is 2. The third-order valence-electron chi connectivity index (χ3n) is 4.96. The standard InChI is InChI=1S/C21H21N3O3S/c25-19(26)12-14-6-1-2-8-16(14)22-20(27)15-7-5-11-24(13-15)21-23-17-9-3-4-10-18(17)28-21/h1-4,6,8-10,15H,5,7,11-13H2,(H,22,27)(H,25,26). The quantitative estimate of drug-likeness (QED) is 0.687. The Labute approximate surface area is 166 Å². The molecule has 0 radical (unpaired) electrons. The van der Waals surface area contributed by atoms with E-state index in [4.69, 9.17) is 10.1 Å². The molecule has 28 heavy (non-hydrogen) atoms. The highest BCUT2D eigenvalue weighted by molar-refractivity contribution is 7.22. The second kappa shape index (κ2) is 7.98. The zero-order valence-electron chi connectivity index (χ0n) is 15.3. The molecule has 6 nitrogen and oxygen atoms in total. The minimum absolute atomic E-state index is 0.0661. The first-order valence-corrected chi connectivity index (χ1v) is 10.1. The van der Waals surface area contributed by atoms with Gasteiger partial charge in [0.2, 0.25) is 5.91 Å². The van der Waals surface area contributed by atoms with E-state index in [9.17, 15) is 9.59 Å². The van der Waals surface area contributed by atoms with Crippen LogP contribution in [-0.4, -0.2) is 35.1 Å². The molecule has 1 amide bonds. The van der Waals surface area contributed by atoms with Crippen LogP contribution in [-0.2, 0) is 16.0 Å².